The summed E-state index contributed by atoms with van der Waals surface area (Å²) in [6.07, 6.45) is 0.267. The molecule has 4 heteroatoms. The third kappa shape index (κ3) is 6.54. The monoisotopic (exact) mass is 175 g/mol. The van der Waals surface area contributed by atoms with Gasteiger partial charge in [0, 0.05) is 26.2 Å². The molecule has 0 amide bonds. The van der Waals surface area contributed by atoms with Gasteiger partial charge in [0.05, 0.1) is 12.8 Å². The van der Waals surface area contributed by atoms with Crippen molar-refractivity contribution in [1.29, 1.82) is 0 Å². The van der Waals surface area contributed by atoms with Crippen LogP contribution in [0.25, 0.3) is 0 Å². The minimum absolute atomic E-state index is 0.267. The van der Waals surface area contributed by atoms with Crippen molar-refractivity contribution in [3.05, 3.63) is 0 Å². The van der Waals surface area contributed by atoms with Crippen molar-refractivity contribution in [3.8, 4) is 0 Å². The minimum atomic E-state index is 0.267. The standard InChI is InChI=1S/C8H21N3O/c1-8(2)12-7-11(5-3-9)6-4-10/h8H,3-7,9-10H2,1-2H3. The van der Waals surface area contributed by atoms with E-state index in [0.717, 1.165) is 13.1 Å². The second-order valence-corrected chi connectivity index (χ2v) is 3.04. The van der Waals surface area contributed by atoms with Crippen molar-refractivity contribution < 1.29 is 4.74 Å². The number of nitrogens with two attached hydrogens (primary N) is 2. The van der Waals surface area contributed by atoms with Crippen LogP contribution in [0.15, 0.2) is 0 Å². The SMILES string of the molecule is CC(C)OCN(CCN)CCN. The third-order valence-corrected chi connectivity index (χ3v) is 1.48. The molecule has 0 atom stereocenters. The molecule has 0 rings (SSSR count). The van der Waals surface area contributed by atoms with E-state index in [-0.39, 0.29) is 6.10 Å². The van der Waals surface area contributed by atoms with Gasteiger partial charge in [-0.25, -0.2) is 0 Å². The van der Waals surface area contributed by atoms with Crippen LogP contribution in [0, 0.1) is 0 Å². The lowest BCUT2D eigenvalue weighted by molar-refractivity contribution is -0.00399. The van der Waals surface area contributed by atoms with Crippen LogP contribution in [0.3, 0.4) is 0 Å². The van der Waals surface area contributed by atoms with Crippen LogP contribution in [0.4, 0.5) is 0 Å². The molecule has 0 heterocycles. The fraction of sp³-hybridized carbons (Fsp3) is 1.00. The molecule has 0 aromatic heterocycles. The van der Waals surface area contributed by atoms with E-state index in [9.17, 15) is 0 Å². The van der Waals surface area contributed by atoms with Gasteiger partial charge in [-0.15, -0.1) is 0 Å². The Balaban J connectivity index is 3.48. The highest BCUT2D eigenvalue weighted by molar-refractivity contribution is 4.54. The Bertz CT molecular complexity index is 92.3. The summed E-state index contributed by atoms with van der Waals surface area (Å²) in [6.45, 7) is 7.68. The van der Waals surface area contributed by atoms with Crippen LogP contribution in [0.2, 0.25) is 0 Å². The van der Waals surface area contributed by atoms with Crippen LogP contribution in [0.5, 0.6) is 0 Å². The maximum atomic E-state index is 5.43. The highest BCUT2D eigenvalue weighted by atomic mass is 16.5. The van der Waals surface area contributed by atoms with Gasteiger partial charge in [0.15, 0.2) is 0 Å². The molecule has 4 N–H and O–H groups in total. The van der Waals surface area contributed by atoms with Gasteiger partial charge in [-0.05, 0) is 13.8 Å². The molecule has 0 aliphatic carbocycles. The topological polar surface area (TPSA) is 64.5 Å². The summed E-state index contributed by atoms with van der Waals surface area (Å²) in [5.41, 5.74) is 10.9. The first-order valence-electron chi connectivity index (χ1n) is 4.44. The Kier molecular flexibility index (Phi) is 7.39. The van der Waals surface area contributed by atoms with Gasteiger partial charge in [0.2, 0.25) is 0 Å². The van der Waals surface area contributed by atoms with Crippen molar-refractivity contribution in [2.24, 2.45) is 11.5 Å². The zero-order valence-electron chi connectivity index (χ0n) is 8.12. The normalized spacial score (nSPS) is 11.5. The average molecular weight is 175 g/mol. The summed E-state index contributed by atoms with van der Waals surface area (Å²) in [7, 11) is 0. The molecule has 0 saturated heterocycles. The number of rotatable bonds is 7. The lowest BCUT2D eigenvalue weighted by Crippen LogP contribution is -2.36. The van der Waals surface area contributed by atoms with E-state index < -0.39 is 0 Å². The molecule has 0 aliphatic heterocycles. The van der Waals surface area contributed by atoms with Crippen molar-refractivity contribution in [2.75, 3.05) is 32.9 Å². The van der Waals surface area contributed by atoms with E-state index in [1.54, 1.807) is 0 Å². The second-order valence-electron chi connectivity index (χ2n) is 3.04. The summed E-state index contributed by atoms with van der Waals surface area (Å²) in [4.78, 5) is 2.11. The molecule has 74 valence electrons. The molecular formula is C8H21N3O. The number of hydrogen-bond donors (Lipinski definition) is 2. The Morgan fingerprint density at radius 1 is 1.17 bits per heavy atom. The molecule has 0 bridgehead atoms. The third-order valence-electron chi connectivity index (χ3n) is 1.48. The Labute approximate surface area is 74.8 Å². The molecule has 0 spiro atoms. The number of hydrogen-bond acceptors (Lipinski definition) is 4. The molecule has 0 aliphatic rings. The quantitative estimate of drug-likeness (QED) is 0.516. The van der Waals surface area contributed by atoms with Crippen molar-refractivity contribution >= 4 is 0 Å². The molecule has 0 unspecified atom stereocenters. The Morgan fingerprint density at radius 3 is 2.00 bits per heavy atom. The van der Waals surface area contributed by atoms with E-state index in [1.807, 2.05) is 13.8 Å². The predicted molar refractivity (Wildman–Crippen MR) is 50.8 cm³/mol. The molecule has 4 nitrogen and oxygen atoms in total. The van der Waals surface area contributed by atoms with Crippen LogP contribution >= 0.6 is 0 Å². The average Bonchev–Trinajstić information content (AvgIpc) is 2.01. The van der Waals surface area contributed by atoms with Gasteiger partial charge in [-0.1, -0.05) is 0 Å². The van der Waals surface area contributed by atoms with Gasteiger partial charge >= 0.3 is 0 Å². The van der Waals surface area contributed by atoms with Gasteiger partial charge in [0.25, 0.3) is 0 Å². The van der Waals surface area contributed by atoms with E-state index in [0.29, 0.717) is 19.8 Å². The van der Waals surface area contributed by atoms with Crippen LogP contribution < -0.4 is 11.5 Å². The van der Waals surface area contributed by atoms with Crippen molar-refractivity contribution in [2.45, 2.75) is 20.0 Å². The fourth-order valence-electron chi connectivity index (χ4n) is 0.861. The predicted octanol–water partition coefficient (Wildman–Crippen LogP) is -0.412. The molecule has 0 saturated carbocycles. The molecular weight excluding hydrogens is 154 g/mol. The van der Waals surface area contributed by atoms with Crippen molar-refractivity contribution in [1.82, 2.24) is 4.90 Å². The summed E-state index contributed by atoms with van der Waals surface area (Å²) in [5.74, 6) is 0. The Morgan fingerprint density at radius 2 is 1.67 bits per heavy atom. The van der Waals surface area contributed by atoms with Crippen LogP contribution in [-0.2, 0) is 4.74 Å². The van der Waals surface area contributed by atoms with E-state index >= 15 is 0 Å². The zero-order valence-corrected chi connectivity index (χ0v) is 8.12. The summed E-state index contributed by atoms with van der Waals surface area (Å²) in [6, 6.07) is 0. The number of ether oxygens (including phenoxy) is 1. The minimum Gasteiger partial charge on any atom is -0.363 e. The fourth-order valence-corrected chi connectivity index (χ4v) is 0.861. The first kappa shape index (κ1) is 11.8. The molecule has 12 heavy (non-hydrogen) atoms. The second kappa shape index (κ2) is 7.49. The zero-order chi connectivity index (χ0) is 9.40. The highest BCUT2D eigenvalue weighted by Crippen LogP contribution is 1.92. The number of nitrogens with zero attached hydrogens (tertiary/aromatic N) is 1. The van der Waals surface area contributed by atoms with E-state index in [1.165, 1.54) is 0 Å². The van der Waals surface area contributed by atoms with Crippen molar-refractivity contribution in [3.63, 3.8) is 0 Å². The van der Waals surface area contributed by atoms with Gasteiger partial charge in [0.1, 0.15) is 0 Å². The largest absolute Gasteiger partial charge is 0.363 e. The maximum Gasteiger partial charge on any atom is 0.0994 e. The van der Waals surface area contributed by atoms with Crippen LogP contribution in [0.1, 0.15) is 13.8 Å². The van der Waals surface area contributed by atoms with Crippen LogP contribution in [-0.4, -0.2) is 43.9 Å². The lowest BCUT2D eigenvalue weighted by Gasteiger charge is -2.21. The molecule has 0 radical (unpaired) electrons. The highest BCUT2D eigenvalue weighted by Gasteiger charge is 2.02. The molecule has 0 fully saturated rings. The molecule has 0 aromatic carbocycles. The van der Waals surface area contributed by atoms with E-state index in [2.05, 4.69) is 4.90 Å². The first-order valence-corrected chi connectivity index (χ1v) is 4.44. The summed E-state index contributed by atoms with van der Waals surface area (Å²) >= 11 is 0. The first-order chi connectivity index (χ1) is 5.70. The van der Waals surface area contributed by atoms with Gasteiger partial charge in [-0.2, -0.15) is 0 Å². The van der Waals surface area contributed by atoms with E-state index in [4.69, 9.17) is 16.2 Å². The maximum absolute atomic E-state index is 5.43. The molecule has 0 aromatic rings. The smallest absolute Gasteiger partial charge is 0.0994 e. The summed E-state index contributed by atoms with van der Waals surface area (Å²) < 4.78 is 5.42. The lowest BCUT2D eigenvalue weighted by atomic mass is 10.5. The summed E-state index contributed by atoms with van der Waals surface area (Å²) in [5, 5.41) is 0. The Hall–Kier alpha value is -0.160. The van der Waals surface area contributed by atoms with Gasteiger partial charge in [-0.3, -0.25) is 4.90 Å². The van der Waals surface area contributed by atoms with Gasteiger partial charge < -0.3 is 16.2 Å².